The summed E-state index contributed by atoms with van der Waals surface area (Å²) in [5.74, 6) is -1.70. The number of carboxylic acids is 1. The molecule has 0 aromatic heterocycles. The summed E-state index contributed by atoms with van der Waals surface area (Å²) >= 11 is 0. The van der Waals surface area contributed by atoms with Crippen molar-refractivity contribution in [3.05, 3.63) is 77.9 Å². The maximum atomic E-state index is 13.0. The Balaban J connectivity index is 1.86. The average Bonchev–Trinajstić information content (AvgIpc) is 3.05. The van der Waals surface area contributed by atoms with Crippen LogP contribution in [0.15, 0.2) is 77.4 Å². The molecule has 1 aliphatic heterocycles. The number of para-hydroxylation sites is 1. The molecule has 0 unspecified atom stereocenters. The predicted molar refractivity (Wildman–Crippen MR) is 115 cm³/mol. The van der Waals surface area contributed by atoms with Gasteiger partial charge in [-0.3, -0.25) is 4.79 Å². The second-order valence-corrected chi connectivity index (χ2v) is 6.88. The Morgan fingerprint density at radius 2 is 1.62 bits per heavy atom. The molecule has 1 amide bonds. The number of carboxylic acid groups (broad SMARTS) is 1. The fraction of sp³-hybridized carbons (Fsp3) is 0.0870. The van der Waals surface area contributed by atoms with E-state index in [2.05, 4.69) is 5.10 Å². The number of amides is 1. The second-order valence-electron chi connectivity index (χ2n) is 6.88. The lowest BCUT2D eigenvalue weighted by molar-refractivity contribution is -0.129. The third kappa shape index (κ3) is 3.25. The van der Waals surface area contributed by atoms with E-state index in [0.29, 0.717) is 5.69 Å². The van der Waals surface area contributed by atoms with Crippen LogP contribution in [-0.4, -0.2) is 36.8 Å². The summed E-state index contributed by atoms with van der Waals surface area (Å²) in [6.07, 6.45) is 1.61. The minimum absolute atomic E-state index is 0.0594. The van der Waals surface area contributed by atoms with Crippen molar-refractivity contribution in [2.45, 2.75) is 0 Å². The first kappa shape index (κ1) is 18.4. The molecule has 0 atom stereocenters. The Bertz CT molecular complexity index is 1180. The lowest BCUT2D eigenvalue weighted by Gasteiger charge is -2.17. The molecule has 4 rings (SSSR count). The number of carbonyl (C=O) groups excluding carboxylic acids is 1. The first-order valence-electron chi connectivity index (χ1n) is 9.10. The average molecular weight is 385 g/mol. The van der Waals surface area contributed by atoms with Crippen molar-refractivity contribution >= 4 is 45.8 Å². The zero-order valence-electron chi connectivity index (χ0n) is 16.0. The predicted octanol–water partition coefficient (Wildman–Crippen LogP) is 3.78. The fourth-order valence-corrected chi connectivity index (χ4v) is 3.42. The Kier molecular flexibility index (Phi) is 4.60. The van der Waals surface area contributed by atoms with Gasteiger partial charge in [0.05, 0.1) is 11.3 Å². The molecule has 3 aromatic rings. The van der Waals surface area contributed by atoms with Crippen molar-refractivity contribution in [3.63, 3.8) is 0 Å². The number of hydrogen-bond acceptors (Lipinski definition) is 4. The zero-order chi connectivity index (χ0) is 20.5. The van der Waals surface area contributed by atoms with E-state index in [1.54, 1.807) is 30.3 Å². The first-order valence-corrected chi connectivity index (χ1v) is 9.10. The molecule has 0 saturated heterocycles. The van der Waals surface area contributed by atoms with Gasteiger partial charge in [-0.1, -0.05) is 48.5 Å². The van der Waals surface area contributed by atoms with Gasteiger partial charge in [0, 0.05) is 25.2 Å². The topological polar surface area (TPSA) is 73.2 Å². The summed E-state index contributed by atoms with van der Waals surface area (Å²) in [7, 11) is 3.93. The molecule has 0 fully saturated rings. The Morgan fingerprint density at radius 3 is 2.28 bits per heavy atom. The number of hydrogen-bond donors (Lipinski definition) is 1. The highest BCUT2D eigenvalue weighted by Crippen LogP contribution is 2.31. The Hall–Kier alpha value is -3.93. The largest absolute Gasteiger partial charge is 0.476 e. The van der Waals surface area contributed by atoms with Crippen LogP contribution in [0.3, 0.4) is 0 Å². The van der Waals surface area contributed by atoms with E-state index in [9.17, 15) is 14.7 Å². The minimum atomic E-state index is -1.24. The molecule has 29 heavy (non-hydrogen) atoms. The van der Waals surface area contributed by atoms with Crippen molar-refractivity contribution < 1.29 is 14.7 Å². The summed E-state index contributed by atoms with van der Waals surface area (Å²) in [5, 5.41) is 16.8. The van der Waals surface area contributed by atoms with Gasteiger partial charge in [0.25, 0.3) is 5.91 Å². The van der Waals surface area contributed by atoms with E-state index < -0.39 is 11.9 Å². The summed E-state index contributed by atoms with van der Waals surface area (Å²) in [4.78, 5) is 26.8. The third-order valence-electron chi connectivity index (χ3n) is 4.80. The molecule has 1 heterocycles. The molecule has 0 spiro atoms. The molecule has 1 N–H and O–H groups in total. The number of benzene rings is 3. The van der Waals surface area contributed by atoms with Gasteiger partial charge in [0.1, 0.15) is 0 Å². The molecule has 0 saturated carbocycles. The van der Waals surface area contributed by atoms with Crippen molar-refractivity contribution in [2.75, 3.05) is 24.0 Å². The molecule has 0 radical (unpaired) electrons. The van der Waals surface area contributed by atoms with Gasteiger partial charge in [0.15, 0.2) is 5.71 Å². The highest BCUT2D eigenvalue weighted by molar-refractivity contribution is 6.54. The summed E-state index contributed by atoms with van der Waals surface area (Å²) in [6.45, 7) is 0. The molecule has 3 aromatic carbocycles. The van der Waals surface area contributed by atoms with E-state index in [0.717, 1.165) is 27.0 Å². The highest BCUT2D eigenvalue weighted by atomic mass is 16.4. The van der Waals surface area contributed by atoms with Crippen LogP contribution in [0.25, 0.3) is 16.8 Å². The van der Waals surface area contributed by atoms with Crippen LogP contribution < -0.4 is 9.91 Å². The van der Waals surface area contributed by atoms with Crippen molar-refractivity contribution in [1.82, 2.24) is 0 Å². The maximum Gasteiger partial charge on any atom is 0.357 e. The van der Waals surface area contributed by atoms with Crippen LogP contribution in [-0.2, 0) is 9.59 Å². The van der Waals surface area contributed by atoms with Crippen molar-refractivity contribution in [2.24, 2.45) is 5.10 Å². The van der Waals surface area contributed by atoms with Gasteiger partial charge in [-0.15, -0.1) is 0 Å². The molecule has 6 heteroatoms. The Labute approximate surface area is 168 Å². The molecular weight excluding hydrogens is 366 g/mol. The van der Waals surface area contributed by atoms with E-state index >= 15 is 0 Å². The van der Waals surface area contributed by atoms with Gasteiger partial charge < -0.3 is 10.0 Å². The van der Waals surface area contributed by atoms with E-state index in [4.69, 9.17) is 0 Å². The molecular formula is C23H19N3O3. The zero-order valence-corrected chi connectivity index (χ0v) is 16.0. The number of anilines is 2. The number of nitrogens with zero attached hydrogens (tertiary/aromatic N) is 3. The van der Waals surface area contributed by atoms with Gasteiger partial charge >= 0.3 is 5.97 Å². The molecule has 0 aliphatic carbocycles. The smallest absolute Gasteiger partial charge is 0.357 e. The summed E-state index contributed by atoms with van der Waals surface area (Å²) in [5.41, 5.74) is 2.12. The molecule has 144 valence electrons. The summed E-state index contributed by atoms with van der Waals surface area (Å²) < 4.78 is 0. The van der Waals surface area contributed by atoms with Crippen LogP contribution in [0.2, 0.25) is 0 Å². The third-order valence-corrected chi connectivity index (χ3v) is 4.80. The summed E-state index contributed by atoms with van der Waals surface area (Å²) in [6, 6.07) is 20.5. The second kappa shape index (κ2) is 7.24. The monoisotopic (exact) mass is 385 g/mol. The number of hydrazone groups is 1. The number of fused-ring (bicyclic) bond motifs is 1. The van der Waals surface area contributed by atoms with E-state index in [-0.39, 0.29) is 11.3 Å². The van der Waals surface area contributed by atoms with Gasteiger partial charge in [-0.05, 0) is 35.2 Å². The number of aliphatic carboxylic acids is 1. The molecule has 6 nitrogen and oxygen atoms in total. The fourth-order valence-electron chi connectivity index (χ4n) is 3.42. The van der Waals surface area contributed by atoms with Crippen LogP contribution >= 0.6 is 0 Å². The van der Waals surface area contributed by atoms with E-state index in [1.165, 1.54) is 0 Å². The number of rotatable bonds is 4. The number of carbonyl (C=O) groups is 2. The van der Waals surface area contributed by atoms with Crippen molar-refractivity contribution in [1.29, 1.82) is 0 Å². The van der Waals surface area contributed by atoms with Crippen LogP contribution in [0.1, 0.15) is 5.56 Å². The highest BCUT2D eigenvalue weighted by Gasteiger charge is 2.35. The van der Waals surface area contributed by atoms with Gasteiger partial charge in [-0.25, -0.2) is 4.79 Å². The maximum absolute atomic E-state index is 13.0. The standard InChI is InChI=1S/C23H19N3O3/c1-25(2)20-13-12-15(17-10-6-7-11-18(17)20)14-19-21(23(28)29)24-26(22(19)27)16-8-4-3-5-9-16/h3-14H,1-2H3,(H,28,29). The first-order chi connectivity index (χ1) is 14.0. The van der Waals surface area contributed by atoms with Crippen LogP contribution in [0, 0.1) is 0 Å². The lowest BCUT2D eigenvalue weighted by Crippen LogP contribution is -2.22. The lowest BCUT2D eigenvalue weighted by atomic mass is 9.99. The van der Waals surface area contributed by atoms with Crippen LogP contribution in [0.5, 0.6) is 0 Å². The van der Waals surface area contributed by atoms with Crippen LogP contribution in [0.4, 0.5) is 11.4 Å². The normalized spacial score (nSPS) is 15.1. The SMILES string of the molecule is CN(C)c1ccc(C=C2C(=O)N(c3ccccc3)N=C2C(=O)O)c2ccccc12. The quantitative estimate of drug-likeness (QED) is 0.694. The Morgan fingerprint density at radius 1 is 0.966 bits per heavy atom. The van der Waals surface area contributed by atoms with Gasteiger partial charge in [0.2, 0.25) is 0 Å². The molecule has 0 bridgehead atoms. The molecule has 1 aliphatic rings. The van der Waals surface area contributed by atoms with Crippen molar-refractivity contribution in [3.8, 4) is 0 Å². The van der Waals surface area contributed by atoms with Gasteiger partial charge in [-0.2, -0.15) is 10.1 Å². The van der Waals surface area contributed by atoms with E-state index in [1.807, 2.05) is 61.5 Å². The minimum Gasteiger partial charge on any atom is -0.476 e.